The second kappa shape index (κ2) is 4.77. The van der Waals surface area contributed by atoms with Crippen LogP contribution >= 0.6 is 11.6 Å². The predicted octanol–water partition coefficient (Wildman–Crippen LogP) is 0.914. The summed E-state index contributed by atoms with van der Waals surface area (Å²) in [5.41, 5.74) is 1.26. The number of nitrogens with zero attached hydrogens (tertiary/aromatic N) is 1. The molecule has 0 radical (unpaired) electrons. The van der Waals surface area contributed by atoms with E-state index in [2.05, 4.69) is 9.97 Å². The Morgan fingerprint density at radius 3 is 2.57 bits per heavy atom. The van der Waals surface area contributed by atoms with Crippen LogP contribution in [0.2, 0.25) is 0 Å². The van der Waals surface area contributed by atoms with Gasteiger partial charge < -0.3 is 15.2 Å². The summed E-state index contributed by atoms with van der Waals surface area (Å²) in [7, 11) is 0. The first kappa shape index (κ1) is 11.5. The monoisotopic (exact) mass is 218 g/mol. The molecule has 0 spiro atoms. The number of aliphatic hydroxyl groups is 2. The average Bonchev–Trinajstić information content (AvgIpc) is 2.57. The van der Waals surface area contributed by atoms with Crippen LogP contribution in [0.15, 0.2) is 0 Å². The van der Waals surface area contributed by atoms with E-state index in [0.29, 0.717) is 5.69 Å². The number of hydrogen-bond donors (Lipinski definition) is 3. The molecule has 0 fully saturated rings. The van der Waals surface area contributed by atoms with Gasteiger partial charge in [-0.3, -0.25) is 0 Å². The van der Waals surface area contributed by atoms with Crippen LogP contribution in [0, 0.1) is 6.92 Å². The molecule has 1 aromatic rings. The van der Waals surface area contributed by atoms with Crippen LogP contribution in [0.25, 0.3) is 0 Å². The van der Waals surface area contributed by atoms with E-state index in [-0.39, 0.29) is 5.88 Å². The number of aryl methyl sites for hydroxylation is 2. The van der Waals surface area contributed by atoms with Gasteiger partial charge in [0.05, 0.1) is 17.7 Å². The molecule has 4 nitrogen and oxygen atoms in total. The topological polar surface area (TPSA) is 69.1 Å². The van der Waals surface area contributed by atoms with E-state index >= 15 is 0 Å². The van der Waals surface area contributed by atoms with E-state index in [1.165, 1.54) is 0 Å². The van der Waals surface area contributed by atoms with Crippen LogP contribution in [0.5, 0.6) is 0 Å². The fourth-order valence-electron chi connectivity index (χ4n) is 1.26. The van der Waals surface area contributed by atoms with Gasteiger partial charge in [-0.15, -0.1) is 11.6 Å². The first-order valence-electron chi connectivity index (χ1n) is 4.57. The Labute approximate surface area is 87.9 Å². The lowest BCUT2D eigenvalue weighted by Gasteiger charge is -2.13. The van der Waals surface area contributed by atoms with E-state index in [9.17, 15) is 10.2 Å². The predicted molar refractivity (Wildman–Crippen MR) is 54.4 cm³/mol. The summed E-state index contributed by atoms with van der Waals surface area (Å²) < 4.78 is 0. The van der Waals surface area contributed by atoms with Crippen LogP contribution in [0.1, 0.15) is 30.2 Å². The van der Waals surface area contributed by atoms with Crippen molar-refractivity contribution in [3.63, 3.8) is 0 Å². The van der Waals surface area contributed by atoms with Crippen molar-refractivity contribution in [2.75, 3.05) is 5.88 Å². The van der Waals surface area contributed by atoms with Gasteiger partial charge in [0.2, 0.25) is 0 Å². The minimum absolute atomic E-state index is 0.00503. The fraction of sp³-hybridized carbons (Fsp3) is 0.667. The molecular formula is C9H15ClN2O2. The molecule has 1 aromatic heterocycles. The number of imidazole rings is 1. The molecule has 2 atom stereocenters. The van der Waals surface area contributed by atoms with Crippen LogP contribution in [-0.4, -0.2) is 32.2 Å². The normalized spacial score (nSPS) is 15.5. The number of halogens is 1. The van der Waals surface area contributed by atoms with Crippen molar-refractivity contribution in [1.82, 2.24) is 9.97 Å². The molecule has 3 N–H and O–H groups in total. The zero-order valence-corrected chi connectivity index (χ0v) is 9.04. The van der Waals surface area contributed by atoms with E-state index in [1.807, 2.05) is 13.8 Å². The van der Waals surface area contributed by atoms with E-state index in [0.717, 1.165) is 17.9 Å². The van der Waals surface area contributed by atoms with Gasteiger partial charge in [0, 0.05) is 12.1 Å². The van der Waals surface area contributed by atoms with Gasteiger partial charge in [-0.25, -0.2) is 4.98 Å². The molecule has 2 unspecified atom stereocenters. The third-order valence-electron chi connectivity index (χ3n) is 2.11. The number of aliphatic hydroxyl groups excluding tert-OH is 2. The van der Waals surface area contributed by atoms with Gasteiger partial charge in [0.15, 0.2) is 0 Å². The third-order valence-corrected chi connectivity index (χ3v) is 2.43. The SMILES string of the molecule is CCc1nc(C(O)C(O)CCl)c(C)[nH]1. The molecule has 0 aliphatic carbocycles. The summed E-state index contributed by atoms with van der Waals surface area (Å²) in [5.74, 6) is 0.799. The van der Waals surface area contributed by atoms with Crippen molar-refractivity contribution in [3.8, 4) is 0 Å². The van der Waals surface area contributed by atoms with Crippen molar-refractivity contribution < 1.29 is 10.2 Å². The van der Waals surface area contributed by atoms with Gasteiger partial charge in [-0.2, -0.15) is 0 Å². The standard InChI is InChI=1S/C9H15ClN2O2/c1-3-7-11-5(2)8(12-7)9(14)6(13)4-10/h6,9,13-14H,3-4H2,1-2H3,(H,11,12). The van der Waals surface area contributed by atoms with Gasteiger partial charge in [-0.1, -0.05) is 6.92 Å². The summed E-state index contributed by atoms with van der Waals surface area (Å²) >= 11 is 5.44. The molecule has 1 heterocycles. The quantitative estimate of drug-likeness (QED) is 0.659. The molecule has 0 aliphatic heterocycles. The highest BCUT2D eigenvalue weighted by Gasteiger charge is 2.22. The highest BCUT2D eigenvalue weighted by Crippen LogP contribution is 2.19. The maximum absolute atomic E-state index is 9.66. The highest BCUT2D eigenvalue weighted by molar-refractivity contribution is 6.18. The number of hydrogen-bond acceptors (Lipinski definition) is 3. The minimum Gasteiger partial charge on any atom is -0.389 e. The number of aromatic amines is 1. The lowest BCUT2D eigenvalue weighted by Crippen LogP contribution is -2.20. The Morgan fingerprint density at radius 1 is 1.50 bits per heavy atom. The summed E-state index contributed by atoms with van der Waals surface area (Å²) in [6.45, 7) is 3.78. The molecule has 1 rings (SSSR count). The summed E-state index contributed by atoms with van der Waals surface area (Å²) in [5, 5.41) is 19.0. The second-order valence-electron chi connectivity index (χ2n) is 3.21. The van der Waals surface area contributed by atoms with Gasteiger partial charge in [0.1, 0.15) is 11.9 Å². The third kappa shape index (κ3) is 2.26. The number of rotatable bonds is 4. The largest absolute Gasteiger partial charge is 0.389 e. The molecule has 0 amide bonds. The number of nitrogens with one attached hydrogen (secondary N) is 1. The van der Waals surface area contributed by atoms with Gasteiger partial charge in [0.25, 0.3) is 0 Å². The molecule has 5 heteroatoms. The molecule has 0 saturated carbocycles. The smallest absolute Gasteiger partial charge is 0.125 e. The maximum atomic E-state index is 9.66. The van der Waals surface area contributed by atoms with Crippen LogP contribution in [0.3, 0.4) is 0 Å². The first-order valence-corrected chi connectivity index (χ1v) is 5.11. The molecule has 0 aliphatic rings. The Hall–Kier alpha value is -0.580. The first-order chi connectivity index (χ1) is 6.60. The second-order valence-corrected chi connectivity index (χ2v) is 3.52. The van der Waals surface area contributed by atoms with Crippen molar-refractivity contribution in [2.24, 2.45) is 0 Å². The lowest BCUT2D eigenvalue weighted by atomic mass is 10.1. The number of H-pyrrole nitrogens is 1. The Morgan fingerprint density at radius 2 is 2.14 bits per heavy atom. The van der Waals surface area contributed by atoms with E-state index < -0.39 is 12.2 Å². The maximum Gasteiger partial charge on any atom is 0.125 e. The van der Waals surface area contributed by atoms with Crippen molar-refractivity contribution in [3.05, 3.63) is 17.2 Å². The zero-order chi connectivity index (χ0) is 10.7. The van der Waals surface area contributed by atoms with Gasteiger partial charge in [-0.05, 0) is 6.92 Å². The number of aromatic nitrogens is 2. The molecule has 80 valence electrons. The van der Waals surface area contributed by atoms with Crippen LogP contribution in [-0.2, 0) is 6.42 Å². The average molecular weight is 219 g/mol. The van der Waals surface area contributed by atoms with Crippen LogP contribution in [0.4, 0.5) is 0 Å². The summed E-state index contributed by atoms with van der Waals surface area (Å²) in [4.78, 5) is 7.20. The Bertz CT molecular complexity index is 301. The molecular weight excluding hydrogens is 204 g/mol. The summed E-state index contributed by atoms with van der Waals surface area (Å²) in [6.07, 6.45) is -1.21. The van der Waals surface area contributed by atoms with E-state index in [1.54, 1.807) is 0 Å². The lowest BCUT2D eigenvalue weighted by molar-refractivity contribution is 0.0298. The highest BCUT2D eigenvalue weighted by atomic mass is 35.5. The van der Waals surface area contributed by atoms with Crippen molar-refractivity contribution in [1.29, 1.82) is 0 Å². The fourth-order valence-corrected chi connectivity index (χ4v) is 1.43. The molecule has 0 saturated heterocycles. The summed E-state index contributed by atoms with van der Waals surface area (Å²) in [6, 6.07) is 0. The van der Waals surface area contributed by atoms with Gasteiger partial charge >= 0.3 is 0 Å². The Kier molecular flexibility index (Phi) is 3.92. The molecule has 0 bridgehead atoms. The Balaban J connectivity index is 2.88. The molecule has 14 heavy (non-hydrogen) atoms. The zero-order valence-electron chi connectivity index (χ0n) is 8.29. The van der Waals surface area contributed by atoms with E-state index in [4.69, 9.17) is 11.6 Å². The van der Waals surface area contributed by atoms with Crippen molar-refractivity contribution in [2.45, 2.75) is 32.5 Å². The van der Waals surface area contributed by atoms with Crippen LogP contribution < -0.4 is 0 Å². The van der Waals surface area contributed by atoms with Crippen molar-refractivity contribution >= 4 is 11.6 Å². The number of alkyl halides is 1. The minimum atomic E-state index is -1.01. The molecule has 0 aromatic carbocycles.